The maximum Gasteiger partial charge on any atom is 0.338 e. The molecule has 1 aromatic carbocycles. The van der Waals surface area contributed by atoms with Gasteiger partial charge >= 0.3 is 5.97 Å². The van der Waals surface area contributed by atoms with E-state index < -0.39 is 16.0 Å². The Balaban J connectivity index is 1.53. The van der Waals surface area contributed by atoms with Gasteiger partial charge in [0.1, 0.15) is 0 Å². The Bertz CT molecular complexity index is 908. The van der Waals surface area contributed by atoms with Crippen LogP contribution in [-0.2, 0) is 19.6 Å². The molecule has 0 spiro atoms. The highest BCUT2D eigenvalue weighted by molar-refractivity contribution is 7.93. The third-order valence-corrected chi connectivity index (χ3v) is 7.10. The van der Waals surface area contributed by atoms with Crippen LogP contribution in [0.1, 0.15) is 34.6 Å². The SMILES string of the molecule is CC(NC(=O)COC(=O)c1ccc(N2CCCS2(=O)=O)cc1)c1cccs1. The maximum atomic E-state index is 12.1. The molecule has 144 valence electrons. The van der Waals surface area contributed by atoms with Crippen LogP contribution in [0.3, 0.4) is 0 Å². The molecule has 0 saturated carbocycles. The van der Waals surface area contributed by atoms with Gasteiger partial charge in [0.15, 0.2) is 6.61 Å². The minimum Gasteiger partial charge on any atom is -0.452 e. The fourth-order valence-electron chi connectivity index (χ4n) is 2.80. The first-order valence-electron chi connectivity index (χ1n) is 8.47. The number of sulfonamides is 1. The average molecular weight is 409 g/mol. The van der Waals surface area contributed by atoms with E-state index in [1.165, 1.54) is 27.8 Å². The number of thiophene rings is 1. The zero-order valence-electron chi connectivity index (χ0n) is 14.8. The molecule has 1 aliphatic heterocycles. The van der Waals surface area contributed by atoms with Gasteiger partial charge in [-0.2, -0.15) is 0 Å². The maximum absolute atomic E-state index is 12.1. The quantitative estimate of drug-likeness (QED) is 0.741. The Morgan fingerprint density at radius 1 is 1.26 bits per heavy atom. The summed E-state index contributed by atoms with van der Waals surface area (Å²) in [6, 6.07) is 9.80. The molecular formula is C18H20N2O5S2. The minimum atomic E-state index is -3.26. The van der Waals surface area contributed by atoms with E-state index in [0.717, 1.165) is 4.88 Å². The van der Waals surface area contributed by atoms with Crippen molar-refractivity contribution in [2.24, 2.45) is 0 Å². The summed E-state index contributed by atoms with van der Waals surface area (Å²) in [4.78, 5) is 25.0. The number of nitrogens with zero attached hydrogens (tertiary/aromatic N) is 1. The van der Waals surface area contributed by atoms with Crippen LogP contribution in [0.15, 0.2) is 41.8 Å². The third kappa shape index (κ3) is 4.67. The van der Waals surface area contributed by atoms with Crippen molar-refractivity contribution < 1.29 is 22.7 Å². The number of hydrogen-bond acceptors (Lipinski definition) is 6. The molecule has 1 fully saturated rings. The molecule has 0 bridgehead atoms. The van der Waals surface area contributed by atoms with E-state index in [9.17, 15) is 18.0 Å². The number of amides is 1. The molecule has 1 amide bonds. The molecule has 1 aromatic heterocycles. The second kappa shape index (κ2) is 8.10. The summed E-state index contributed by atoms with van der Waals surface area (Å²) in [5.74, 6) is -0.885. The van der Waals surface area contributed by atoms with E-state index >= 15 is 0 Å². The molecule has 0 radical (unpaired) electrons. The van der Waals surface area contributed by atoms with Crippen molar-refractivity contribution in [2.45, 2.75) is 19.4 Å². The molecule has 3 rings (SSSR count). The number of ether oxygens (including phenoxy) is 1. The molecule has 1 N–H and O–H groups in total. The lowest BCUT2D eigenvalue weighted by Gasteiger charge is -2.17. The third-order valence-electron chi connectivity index (χ3n) is 4.17. The topological polar surface area (TPSA) is 92.8 Å². The van der Waals surface area contributed by atoms with E-state index in [1.54, 1.807) is 12.1 Å². The number of carbonyl (C=O) groups excluding carboxylic acids is 2. The van der Waals surface area contributed by atoms with Crippen LogP contribution in [0.5, 0.6) is 0 Å². The zero-order valence-corrected chi connectivity index (χ0v) is 16.4. The first-order chi connectivity index (χ1) is 12.9. The van der Waals surface area contributed by atoms with E-state index in [0.29, 0.717) is 18.7 Å². The molecule has 0 aliphatic carbocycles. The monoisotopic (exact) mass is 408 g/mol. The van der Waals surface area contributed by atoms with Crippen molar-refractivity contribution in [2.75, 3.05) is 23.2 Å². The van der Waals surface area contributed by atoms with Crippen molar-refractivity contribution in [3.05, 3.63) is 52.2 Å². The number of anilines is 1. The van der Waals surface area contributed by atoms with Crippen LogP contribution < -0.4 is 9.62 Å². The molecule has 2 heterocycles. The van der Waals surface area contributed by atoms with Gasteiger partial charge in [-0.3, -0.25) is 9.10 Å². The number of carbonyl (C=O) groups is 2. The highest BCUT2D eigenvalue weighted by Crippen LogP contribution is 2.24. The summed E-state index contributed by atoms with van der Waals surface area (Å²) in [5.41, 5.74) is 0.779. The lowest BCUT2D eigenvalue weighted by atomic mass is 10.2. The van der Waals surface area contributed by atoms with Gasteiger partial charge in [0.25, 0.3) is 5.91 Å². The number of esters is 1. The standard InChI is InChI=1S/C18H20N2O5S2/c1-13(16-4-2-10-26-16)19-17(21)12-25-18(22)14-5-7-15(8-6-14)20-9-3-11-27(20,23)24/h2,4-8,10,13H,3,9,11-12H2,1H3,(H,19,21). The zero-order chi connectivity index (χ0) is 19.4. The van der Waals surface area contributed by atoms with Crippen LogP contribution in [0.4, 0.5) is 5.69 Å². The van der Waals surface area contributed by atoms with Crippen molar-refractivity contribution in [3.63, 3.8) is 0 Å². The molecule has 1 aliphatic rings. The molecule has 1 atom stereocenters. The fourth-order valence-corrected chi connectivity index (χ4v) is 5.10. The first-order valence-corrected chi connectivity index (χ1v) is 11.0. The van der Waals surface area contributed by atoms with E-state index in [1.807, 2.05) is 24.4 Å². The normalized spacial score (nSPS) is 16.7. The summed E-state index contributed by atoms with van der Waals surface area (Å²) in [6.45, 7) is 1.92. The summed E-state index contributed by atoms with van der Waals surface area (Å²) >= 11 is 1.54. The molecule has 9 heteroatoms. The fraction of sp³-hybridized carbons (Fsp3) is 0.333. The Labute approximate surface area is 162 Å². The highest BCUT2D eigenvalue weighted by Gasteiger charge is 2.28. The number of benzene rings is 1. The van der Waals surface area contributed by atoms with Crippen LogP contribution in [0.2, 0.25) is 0 Å². The van der Waals surface area contributed by atoms with Gasteiger partial charge < -0.3 is 10.1 Å². The largest absolute Gasteiger partial charge is 0.452 e. The number of nitrogens with one attached hydrogen (secondary N) is 1. The Kier molecular flexibility index (Phi) is 5.81. The van der Waals surface area contributed by atoms with Crippen molar-refractivity contribution >= 4 is 38.9 Å². The minimum absolute atomic E-state index is 0.135. The van der Waals surface area contributed by atoms with Gasteiger partial charge in [-0.05, 0) is 49.1 Å². The lowest BCUT2D eigenvalue weighted by Crippen LogP contribution is -2.30. The Morgan fingerprint density at radius 3 is 2.59 bits per heavy atom. The van der Waals surface area contributed by atoms with Gasteiger partial charge in [0.2, 0.25) is 10.0 Å². The number of rotatable bonds is 6. The molecular weight excluding hydrogens is 388 g/mol. The molecule has 2 aromatic rings. The summed E-state index contributed by atoms with van der Waals surface area (Å²) < 4.78 is 30.2. The Hall–Kier alpha value is -2.39. The van der Waals surface area contributed by atoms with E-state index in [-0.39, 0.29) is 29.9 Å². The van der Waals surface area contributed by atoms with E-state index in [4.69, 9.17) is 4.74 Å². The lowest BCUT2D eigenvalue weighted by molar-refractivity contribution is -0.124. The van der Waals surface area contributed by atoms with Crippen LogP contribution in [0.25, 0.3) is 0 Å². The van der Waals surface area contributed by atoms with Gasteiger partial charge in [0.05, 0.1) is 23.0 Å². The van der Waals surface area contributed by atoms with Crippen LogP contribution in [0, 0.1) is 0 Å². The molecule has 7 nitrogen and oxygen atoms in total. The smallest absolute Gasteiger partial charge is 0.338 e. The van der Waals surface area contributed by atoms with Crippen molar-refractivity contribution in [1.82, 2.24) is 5.32 Å². The van der Waals surface area contributed by atoms with Crippen molar-refractivity contribution in [1.29, 1.82) is 0 Å². The summed E-state index contributed by atoms with van der Waals surface area (Å²) in [6.07, 6.45) is 0.588. The highest BCUT2D eigenvalue weighted by atomic mass is 32.2. The second-order valence-electron chi connectivity index (χ2n) is 6.17. The average Bonchev–Trinajstić information content (AvgIpc) is 3.29. The first kappa shape index (κ1) is 19.4. The molecule has 27 heavy (non-hydrogen) atoms. The summed E-state index contributed by atoms with van der Waals surface area (Å²) in [5, 5.41) is 4.69. The van der Waals surface area contributed by atoms with Gasteiger partial charge in [-0.1, -0.05) is 6.07 Å². The summed E-state index contributed by atoms with van der Waals surface area (Å²) in [7, 11) is -3.26. The van der Waals surface area contributed by atoms with Crippen molar-refractivity contribution in [3.8, 4) is 0 Å². The molecule has 1 unspecified atom stereocenters. The van der Waals surface area contributed by atoms with Crippen LogP contribution >= 0.6 is 11.3 Å². The Morgan fingerprint density at radius 2 is 2.00 bits per heavy atom. The van der Waals surface area contributed by atoms with E-state index in [2.05, 4.69) is 5.32 Å². The molecule has 1 saturated heterocycles. The van der Waals surface area contributed by atoms with Gasteiger partial charge in [-0.15, -0.1) is 11.3 Å². The second-order valence-corrected chi connectivity index (χ2v) is 9.16. The predicted octanol–water partition coefficient (Wildman–Crippen LogP) is 2.32. The van der Waals surface area contributed by atoms with Gasteiger partial charge in [-0.25, -0.2) is 13.2 Å². The number of hydrogen-bond donors (Lipinski definition) is 1. The predicted molar refractivity (Wildman–Crippen MR) is 103 cm³/mol. The van der Waals surface area contributed by atoms with Crippen LogP contribution in [-0.4, -0.2) is 39.2 Å². The van der Waals surface area contributed by atoms with Gasteiger partial charge in [0, 0.05) is 11.4 Å².